The zero-order valence-corrected chi connectivity index (χ0v) is 16.0. The molecule has 0 aromatic heterocycles. The second-order valence-electron chi connectivity index (χ2n) is 6.19. The molecule has 28 heavy (non-hydrogen) atoms. The van der Waals surface area contributed by atoms with E-state index in [-0.39, 0.29) is 11.8 Å². The van der Waals surface area contributed by atoms with E-state index in [1.54, 1.807) is 18.2 Å². The molecule has 146 valence electrons. The van der Waals surface area contributed by atoms with Gasteiger partial charge in [0.2, 0.25) is 0 Å². The van der Waals surface area contributed by atoms with E-state index in [2.05, 4.69) is 4.74 Å². The highest BCUT2D eigenvalue weighted by Crippen LogP contribution is 2.35. The maximum Gasteiger partial charge on any atom is 0.330 e. The van der Waals surface area contributed by atoms with Crippen LogP contribution in [0.15, 0.2) is 48.5 Å². The van der Waals surface area contributed by atoms with Gasteiger partial charge in [-0.25, -0.2) is 4.79 Å². The van der Waals surface area contributed by atoms with Gasteiger partial charge in [-0.2, -0.15) is 0 Å². The topological polar surface area (TPSA) is 81.9 Å². The number of hydrogen-bond acceptors (Lipinski definition) is 6. The number of esters is 1. The van der Waals surface area contributed by atoms with E-state index in [4.69, 9.17) is 16.3 Å². The van der Waals surface area contributed by atoms with Crippen molar-refractivity contribution in [3.8, 4) is 0 Å². The van der Waals surface area contributed by atoms with E-state index in [1.807, 2.05) is 23.1 Å². The summed E-state index contributed by atoms with van der Waals surface area (Å²) in [4.78, 5) is 24.4. The van der Waals surface area contributed by atoms with E-state index in [0.717, 1.165) is 5.56 Å². The van der Waals surface area contributed by atoms with Crippen molar-refractivity contribution in [2.75, 3.05) is 31.7 Å². The van der Waals surface area contributed by atoms with Gasteiger partial charge in [0.1, 0.15) is 11.8 Å². The lowest BCUT2D eigenvalue weighted by atomic mass is 10.1. The van der Waals surface area contributed by atoms with Crippen LogP contribution in [0, 0.1) is 10.1 Å². The fourth-order valence-corrected chi connectivity index (χ4v) is 3.34. The molecule has 7 nitrogen and oxygen atoms in total. The summed E-state index contributed by atoms with van der Waals surface area (Å²) in [5.74, 6) is -0.525. The molecule has 2 aromatic rings. The van der Waals surface area contributed by atoms with Crippen LogP contribution in [0.3, 0.4) is 0 Å². The zero-order valence-electron chi connectivity index (χ0n) is 15.2. The lowest BCUT2D eigenvalue weighted by molar-refractivity contribution is -0.384. The van der Waals surface area contributed by atoms with Crippen LogP contribution in [0.1, 0.15) is 17.2 Å². The SMILES string of the molecule is COC(=O)/C=C/c1ccc(N2CCOC(c3ccccc3Cl)C2)c([N+](=O)[O-])c1. The van der Waals surface area contributed by atoms with Crippen LogP contribution in [0.25, 0.3) is 6.08 Å². The first-order valence-electron chi connectivity index (χ1n) is 8.65. The van der Waals surface area contributed by atoms with Crippen molar-refractivity contribution in [1.29, 1.82) is 0 Å². The smallest absolute Gasteiger partial charge is 0.330 e. The van der Waals surface area contributed by atoms with Gasteiger partial charge in [0, 0.05) is 35.8 Å². The minimum absolute atomic E-state index is 0.0353. The molecule has 0 radical (unpaired) electrons. The van der Waals surface area contributed by atoms with Gasteiger partial charge in [0.05, 0.1) is 18.6 Å². The maximum absolute atomic E-state index is 11.6. The second kappa shape index (κ2) is 8.86. The zero-order chi connectivity index (χ0) is 20.1. The number of carbonyl (C=O) groups is 1. The number of halogens is 1. The van der Waals surface area contributed by atoms with Crippen LogP contribution in [0.5, 0.6) is 0 Å². The standard InChI is InChI=1S/C20H19ClN2O5/c1-27-20(24)9-7-14-6-8-17(18(12-14)23(25)26)22-10-11-28-19(13-22)15-4-2-3-5-16(15)21/h2-9,12,19H,10-11,13H2,1H3/b9-7+. The van der Waals surface area contributed by atoms with Crippen LogP contribution >= 0.6 is 11.6 Å². The molecule has 8 heteroatoms. The number of nitrogens with zero attached hydrogens (tertiary/aromatic N) is 2. The van der Waals surface area contributed by atoms with Crippen LogP contribution < -0.4 is 4.90 Å². The quantitative estimate of drug-likeness (QED) is 0.325. The maximum atomic E-state index is 11.6. The minimum atomic E-state index is -0.525. The number of carbonyl (C=O) groups excluding carboxylic acids is 1. The highest BCUT2D eigenvalue weighted by Gasteiger charge is 2.28. The molecular formula is C20H19ClN2O5. The van der Waals surface area contributed by atoms with E-state index in [1.165, 1.54) is 25.3 Å². The molecule has 1 atom stereocenters. The Morgan fingerprint density at radius 1 is 1.36 bits per heavy atom. The van der Waals surface area contributed by atoms with Crippen molar-refractivity contribution in [2.24, 2.45) is 0 Å². The molecule has 0 aliphatic carbocycles. The number of anilines is 1. The highest BCUT2D eigenvalue weighted by atomic mass is 35.5. The van der Waals surface area contributed by atoms with Crippen LogP contribution in [-0.4, -0.2) is 37.7 Å². The molecule has 0 spiro atoms. The van der Waals surface area contributed by atoms with Gasteiger partial charge in [0.15, 0.2) is 0 Å². The molecular weight excluding hydrogens is 384 g/mol. The summed E-state index contributed by atoms with van der Waals surface area (Å²) in [6.07, 6.45) is 2.43. The van der Waals surface area contributed by atoms with Gasteiger partial charge in [-0.1, -0.05) is 35.9 Å². The highest BCUT2D eigenvalue weighted by molar-refractivity contribution is 6.31. The fraction of sp³-hybridized carbons (Fsp3) is 0.250. The van der Waals surface area contributed by atoms with Crippen molar-refractivity contribution >= 4 is 35.0 Å². The van der Waals surface area contributed by atoms with E-state index >= 15 is 0 Å². The summed E-state index contributed by atoms with van der Waals surface area (Å²) in [6.45, 7) is 1.40. The minimum Gasteiger partial charge on any atom is -0.466 e. The Bertz CT molecular complexity index is 915. The van der Waals surface area contributed by atoms with Gasteiger partial charge in [-0.05, 0) is 23.8 Å². The average molecular weight is 403 g/mol. The number of morpholine rings is 1. The van der Waals surface area contributed by atoms with Crippen molar-refractivity contribution in [3.05, 3.63) is 74.8 Å². The van der Waals surface area contributed by atoms with E-state index < -0.39 is 10.9 Å². The van der Waals surface area contributed by atoms with Gasteiger partial charge in [0.25, 0.3) is 5.69 Å². The number of rotatable bonds is 5. The molecule has 0 saturated carbocycles. The number of nitro benzene ring substituents is 1. The summed E-state index contributed by atoms with van der Waals surface area (Å²) in [6, 6.07) is 12.3. The van der Waals surface area contributed by atoms with Gasteiger partial charge < -0.3 is 14.4 Å². The number of hydrogen-bond donors (Lipinski definition) is 0. The average Bonchev–Trinajstić information content (AvgIpc) is 2.72. The molecule has 2 aromatic carbocycles. The first kappa shape index (κ1) is 19.9. The molecule has 0 N–H and O–H groups in total. The van der Waals surface area contributed by atoms with Crippen molar-refractivity contribution in [2.45, 2.75) is 6.10 Å². The van der Waals surface area contributed by atoms with Crippen molar-refractivity contribution < 1.29 is 19.2 Å². The molecule has 1 fully saturated rings. The summed E-state index contributed by atoms with van der Waals surface area (Å²) in [5, 5.41) is 12.2. The number of benzene rings is 2. The molecule has 1 saturated heterocycles. The van der Waals surface area contributed by atoms with Gasteiger partial charge in [-0.3, -0.25) is 10.1 Å². The van der Waals surface area contributed by atoms with E-state index in [0.29, 0.717) is 36.0 Å². The van der Waals surface area contributed by atoms with Crippen LogP contribution in [0.2, 0.25) is 5.02 Å². The van der Waals surface area contributed by atoms with Crippen molar-refractivity contribution in [3.63, 3.8) is 0 Å². The van der Waals surface area contributed by atoms with Gasteiger partial charge in [-0.15, -0.1) is 0 Å². The Labute approximate surface area is 167 Å². The molecule has 0 amide bonds. The predicted molar refractivity (Wildman–Crippen MR) is 107 cm³/mol. The summed E-state index contributed by atoms with van der Waals surface area (Å²) in [5.41, 5.74) is 1.86. The van der Waals surface area contributed by atoms with Gasteiger partial charge >= 0.3 is 5.97 Å². The molecule has 1 heterocycles. The largest absolute Gasteiger partial charge is 0.466 e. The van der Waals surface area contributed by atoms with Crippen LogP contribution in [-0.2, 0) is 14.3 Å². The molecule has 3 rings (SSSR count). The third-order valence-corrected chi connectivity index (χ3v) is 4.81. The Balaban J connectivity index is 1.87. The third-order valence-electron chi connectivity index (χ3n) is 4.47. The summed E-state index contributed by atoms with van der Waals surface area (Å²) >= 11 is 6.27. The molecule has 1 unspecified atom stereocenters. The van der Waals surface area contributed by atoms with Crippen LogP contribution in [0.4, 0.5) is 11.4 Å². The molecule has 1 aliphatic heterocycles. The fourth-order valence-electron chi connectivity index (χ4n) is 3.08. The monoisotopic (exact) mass is 402 g/mol. The number of ether oxygens (including phenoxy) is 2. The number of methoxy groups -OCH3 is 1. The normalized spacial score (nSPS) is 16.9. The summed E-state index contributed by atoms with van der Waals surface area (Å²) in [7, 11) is 1.27. The number of nitro groups is 1. The van der Waals surface area contributed by atoms with E-state index in [9.17, 15) is 14.9 Å². The Kier molecular flexibility index (Phi) is 6.28. The first-order chi connectivity index (χ1) is 13.5. The first-order valence-corrected chi connectivity index (χ1v) is 9.03. The molecule has 0 bridgehead atoms. The lowest BCUT2D eigenvalue weighted by Gasteiger charge is -2.34. The summed E-state index contributed by atoms with van der Waals surface area (Å²) < 4.78 is 10.4. The van der Waals surface area contributed by atoms with Crippen molar-refractivity contribution in [1.82, 2.24) is 0 Å². The Hall–Kier alpha value is -2.90. The second-order valence-corrected chi connectivity index (χ2v) is 6.60. The third kappa shape index (κ3) is 4.49. The Morgan fingerprint density at radius 3 is 2.86 bits per heavy atom. The molecule has 1 aliphatic rings. The predicted octanol–water partition coefficient (Wildman–Crippen LogP) is 4.01. The lowest BCUT2D eigenvalue weighted by Crippen LogP contribution is -2.38. The Morgan fingerprint density at radius 2 is 2.14 bits per heavy atom.